The normalized spacial score (nSPS) is 36.5. The van der Waals surface area contributed by atoms with Crippen molar-refractivity contribution in [2.45, 2.75) is 45.2 Å². The Morgan fingerprint density at radius 2 is 1.92 bits per heavy atom. The van der Waals surface area contributed by atoms with Crippen LogP contribution >= 0.6 is 0 Å². The minimum absolute atomic E-state index is 0.817. The van der Waals surface area contributed by atoms with Crippen LogP contribution in [0.25, 0.3) is 0 Å². The number of likely N-dealkylation sites (tertiary alicyclic amines) is 1. The summed E-state index contributed by atoms with van der Waals surface area (Å²) in [5, 5.41) is 3.76. The molecule has 1 saturated carbocycles. The molecular weight excluding hydrogens is 160 g/mol. The maximum Gasteiger partial charge on any atom is 0.00989 e. The largest absolute Gasteiger partial charge is 0.311 e. The van der Waals surface area contributed by atoms with E-state index in [0.29, 0.717) is 0 Å². The Morgan fingerprint density at radius 1 is 1.31 bits per heavy atom. The second-order valence-corrected chi connectivity index (χ2v) is 4.69. The van der Waals surface area contributed by atoms with Crippen LogP contribution in [0.3, 0.4) is 0 Å². The Morgan fingerprint density at radius 3 is 2.38 bits per heavy atom. The van der Waals surface area contributed by atoms with Crippen LogP contribution in [0.1, 0.15) is 33.1 Å². The van der Waals surface area contributed by atoms with Crippen molar-refractivity contribution in [3.8, 4) is 0 Å². The summed E-state index contributed by atoms with van der Waals surface area (Å²) in [6, 6.07) is 1.68. The molecule has 2 aliphatic rings. The predicted octanol–water partition coefficient (Wildman–Crippen LogP) is 1.47. The Kier molecular flexibility index (Phi) is 2.89. The topological polar surface area (TPSA) is 15.3 Å². The fraction of sp³-hybridized carbons (Fsp3) is 1.00. The lowest BCUT2D eigenvalue weighted by atomic mass is 10.1. The molecule has 2 rings (SSSR count). The number of hydrogen-bond donors (Lipinski definition) is 1. The van der Waals surface area contributed by atoms with Crippen LogP contribution in [-0.2, 0) is 0 Å². The van der Waals surface area contributed by atoms with Crippen molar-refractivity contribution in [2.75, 3.05) is 19.6 Å². The Bertz CT molecular complexity index is 161. The van der Waals surface area contributed by atoms with Crippen molar-refractivity contribution < 1.29 is 0 Å². The number of piperidine rings is 1. The number of nitrogens with zero attached hydrogens (tertiary/aromatic N) is 1. The highest BCUT2D eigenvalue weighted by Crippen LogP contribution is 2.30. The average Bonchev–Trinajstić information content (AvgIpc) is 2.83. The van der Waals surface area contributed by atoms with Crippen molar-refractivity contribution in [1.29, 1.82) is 0 Å². The molecular formula is C11H22N2. The van der Waals surface area contributed by atoms with Gasteiger partial charge in [-0.3, -0.25) is 0 Å². The second-order valence-electron chi connectivity index (χ2n) is 4.69. The summed E-state index contributed by atoms with van der Waals surface area (Å²) in [6.45, 7) is 8.44. The number of rotatable bonds is 3. The van der Waals surface area contributed by atoms with Gasteiger partial charge in [-0.2, -0.15) is 0 Å². The van der Waals surface area contributed by atoms with E-state index in [0.717, 1.165) is 18.0 Å². The highest BCUT2D eigenvalue weighted by Gasteiger charge is 2.34. The molecule has 2 nitrogen and oxygen atoms in total. The van der Waals surface area contributed by atoms with Gasteiger partial charge in [0.1, 0.15) is 0 Å². The lowest BCUT2D eigenvalue weighted by molar-refractivity contribution is 0.205. The number of hydrogen-bond acceptors (Lipinski definition) is 2. The Hall–Kier alpha value is -0.0800. The van der Waals surface area contributed by atoms with E-state index in [4.69, 9.17) is 0 Å². The molecule has 0 aromatic carbocycles. The molecule has 0 aromatic heterocycles. The molecule has 1 heterocycles. The number of nitrogens with one attached hydrogen (secondary N) is 1. The zero-order valence-corrected chi connectivity index (χ0v) is 8.92. The molecule has 2 heteroatoms. The standard InChI is InChI=1S/C11H22N2/c1-3-13-6-4-10(5-7-13)12-11-8-9(11)2/h9-12H,3-8H2,1-2H3/t9-,11-/m1/s1. The summed E-state index contributed by atoms with van der Waals surface area (Å²) < 4.78 is 0. The van der Waals surface area contributed by atoms with Gasteiger partial charge in [0, 0.05) is 12.1 Å². The first-order valence-corrected chi connectivity index (χ1v) is 5.78. The molecule has 0 bridgehead atoms. The minimum atomic E-state index is 0.817. The Labute approximate surface area is 81.7 Å². The molecule has 0 spiro atoms. The monoisotopic (exact) mass is 182 g/mol. The van der Waals surface area contributed by atoms with Gasteiger partial charge in [-0.05, 0) is 44.8 Å². The molecule has 13 heavy (non-hydrogen) atoms. The van der Waals surface area contributed by atoms with E-state index >= 15 is 0 Å². The summed E-state index contributed by atoms with van der Waals surface area (Å²) >= 11 is 0. The first kappa shape index (κ1) is 9.47. The van der Waals surface area contributed by atoms with Crippen LogP contribution in [0.4, 0.5) is 0 Å². The molecule has 1 aliphatic carbocycles. The van der Waals surface area contributed by atoms with Crippen molar-refractivity contribution in [3.63, 3.8) is 0 Å². The molecule has 1 aliphatic heterocycles. The van der Waals surface area contributed by atoms with E-state index in [9.17, 15) is 0 Å². The molecule has 0 amide bonds. The van der Waals surface area contributed by atoms with Crippen molar-refractivity contribution >= 4 is 0 Å². The molecule has 2 atom stereocenters. The lowest BCUT2D eigenvalue weighted by Gasteiger charge is -2.31. The zero-order chi connectivity index (χ0) is 9.26. The third-order valence-electron chi connectivity index (χ3n) is 3.59. The van der Waals surface area contributed by atoms with Crippen LogP contribution in [0.15, 0.2) is 0 Å². The van der Waals surface area contributed by atoms with Gasteiger partial charge in [-0.1, -0.05) is 13.8 Å². The molecule has 0 aromatic rings. The SMILES string of the molecule is CCN1CCC(N[C@@H]2C[C@H]2C)CC1. The van der Waals surface area contributed by atoms with E-state index < -0.39 is 0 Å². The van der Waals surface area contributed by atoms with Gasteiger partial charge in [0.05, 0.1) is 0 Å². The van der Waals surface area contributed by atoms with Crippen LogP contribution < -0.4 is 5.32 Å². The highest BCUT2D eigenvalue weighted by atomic mass is 15.1. The van der Waals surface area contributed by atoms with E-state index in [1.807, 2.05) is 0 Å². The van der Waals surface area contributed by atoms with Crippen molar-refractivity contribution in [2.24, 2.45) is 5.92 Å². The van der Waals surface area contributed by atoms with Crippen LogP contribution in [0, 0.1) is 5.92 Å². The van der Waals surface area contributed by atoms with Gasteiger partial charge in [-0.25, -0.2) is 0 Å². The summed E-state index contributed by atoms with van der Waals surface area (Å²) in [5.41, 5.74) is 0. The average molecular weight is 182 g/mol. The minimum Gasteiger partial charge on any atom is -0.311 e. The molecule has 1 saturated heterocycles. The maximum absolute atomic E-state index is 3.76. The van der Waals surface area contributed by atoms with E-state index in [-0.39, 0.29) is 0 Å². The molecule has 0 radical (unpaired) electrons. The molecule has 1 N–H and O–H groups in total. The summed E-state index contributed by atoms with van der Waals surface area (Å²) in [7, 11) is 0. The van der Waals surface area contributed by atoms with Gasteiger partial charge in [0.2, 0.25) is 0 Å². The maximum atomic E-state index is 3.76. The fourth-order valence-electron chi connectivity index (χ4n) is 2.27. The zero-order valence-electron chi connectivity index (χ0n) is 8.92. The van der Waals surface area contributed by atoms with E-state index in [2.05, 4.69) is 24.1 Å². The Balaban J connectivity index is 1.66. The van der Waals surface area contributed by atoms with Gasteiger partial charge in [0.25, 0.3) is 0 Å². The van der Waals surface area contributed by atoms with Crippen LogP contribution in [0.5, 0.6) is 0 Å². The second kappa shape index (κ2) is 3.97. The smallest absolute Gasteiger partial charge is 0.00989 e. The first-order valence-electron chi connectivity index (χ1n) is 5.78. The van der Waals surface area contributed by atoms with Gasteiger partial charge >= 0.3 is 0 Å². The van der Waals surface area contributed by atoms with Crippen LogP contribution in [-0.4, -0.2) is 36.6 Å². The van der Waals surface area contributed by atoms with E-state index in [1.54, 1.807) is 0 Å². The third-order valence-corrected chi connectivity index (χ3v) is 3.59. The molecule has 76 valence electrons. The van der Waals surface area contributed by atoms with E-state index in [1.165, 1.54) is 38.9 Å². The summed E-state index contributed by atoms with van der Waals surface area (Å²) in [4.78, 5) is 2.55. The molecule has 0 unspecified atom stereocenters. The van der Waals surface area contributed by atoms with Crippen LogP contribution in [0.2, 0.25) is 0 Å². The fourth-order valence-corrected chi connectivity index (χ4v) is 2.27. The highest BCUT2D eigenvalue weighted by molar-refractivity contribution is 4.93. The first-order chi connectivity index (χ1) is 6.29. The van der Waals surface area contributed by atoms with Crippen molar-refractivity contribution in [1.82, 2.24) is 10.2 Å². The third kappa shape index (κ3) is 2.44. The molecule has 2 fully saturated rings. The lowest BCUT2D eigenvalue weighted by Crippen LogP contribution is -2.43. The summed E-state index contributed by atoms with van der Waals surface area (Å²) in [6.07, 6.45) is 4.13. The predicted molar refractivity (Wildman–Crippen MR) is 55.8 cm³/mol. The van der Waals surface area contributed by atoms with Gasteiger partial charge < -0.3 is 10.2 Å². The quantitative estimate of drug-likeness (QED) is 0.711. The van der Waals surface area contributed by atoms with Crippen molar-refractivity contribution in [3.05, 3.63) is 0 Å². The summed E-state index contributed by atoms with van der Waals surface area (Å²) in [5.74, 6) is 0.948. The van der Waals surface area contributed by atoms with Gasteiger partial charge in [-0.15, -0.1) is 0 Å². The van der Waals surface area contributed by atoms with Gasteiger partial charge in [0.15, 0.2) is 0 Å².